The lowest BCUT2D eigenvalue weighted by molar-refractivity contribution is -0.169. The second kappa shape index (κ2) is 40.6. The van der Waals surface area contributed by atoms with E-state index in [2.05, 4.69) is 50.0 Å². The minimum Gasteiger partial charge on any atom is -0.422 e. The van der Waals surface area contributed by atoms with E-state index in [9.17, 15) is 10.2 Å². The van der Waals surface area contributed by atoms with E-state index >= 15 is 0 Å². The third-order valence-electron chi connectivity index (χ3n) is 21.7. The highest BCUT2D eigenvalue weighted by molar-refractivity contribution is 6.30. The van der Waals surface area contributed by atoms with Crippen LogP contribution in [0.3, 0.4) is 0 Å². The van der Waals surface area contributed by atoms with Gasteiger partial charge in [-0.3, -0.25) is 0 Å². The van der Waals surface area contributed by atoms with E-state index < -0.39 is 11.7 Å². The summed E-state index contributed by atoms with van der Waals surface area (Å²) in [5.41, 5.74) is 35.5. The highest BCUT2D eigenvalue weighted by Gasteiger charge is 2.42. The van der Waals surface area contributed by atoms with Crippen LogP contribution in [0.15, 0.2) is 39.3 Å². The molecule has 1 aromatic carbocycles. The monoisotopic (exact) mass is 1410 g/mol. The standard InChI is InChI=1S/C14H15ClN2O2.C13H25NO3.C12H19N3O2.C12H23NO3.2C12H23NO2/c15-10-3-1-9(2-4-10)12-7-14(19-17-12)13-6-5-11(16)8-18-13;1-9-5-11(6-9)17-8-13(2,15)12-4-3-10(14)7-16-12;1-2-7-5-9(7)11-14-15-12(17-11)10-4-3-8(13)6-16-10;1-8-4-10(5-8)15-7-11(14)12-3-2-9(13)6-16-12;1-9-4-10(5-9)6-14-8-12-3-2-11(13)7-15-12;1-9-6-12(7-9)14-5-4-11-3-2-10(13)8-15-11/h1-4,7,11,13H,5-6,8,16H2;9-12,15H,3-8,14H2,1-2H3;7-10H,2-6,13H2,1H3;8-12,14H,2-7,13H2,1H3;2*9-12H,2-8,13H2,1H3/t11-,13+;9?,10-,11?,12+,13?;7-,8-,9-,10+;8?,9-,10?,11?,12+;9?,10?,11-,12+;9?,10-,11+,12?/m111111/s1. The predicted octanol–water partition coefficient (Wildman–Crippen LogP) is 9.92. The predicted molar refractivity (Wildman–Crippen MR) is 380 cm³/mol. The zero-order valence-corrected chi connectivity index (χ0v) is 61.4. The molecule has 0 radical (unpaired) electrons. The van der Waals surface area contributed by atoms with Gasteiger partial charge in [0.05, 0.1) is 102 Å². The molecule has 14 N–H and O–H groups in total. The number of hydrogen-bond acceptors (Lipinski definition) is 23. The van der Waals surface area contributed by atoms with Gasteiger partial charge in [0.15, 0.2) is 5.76 Å². The van der Waals surface area contributed by atoms with E-state index in [0.717, 1.165) is 194 Å². The van der Waals surface area contributed by atoms with Crippen molar-refractivity contribution >= 4 is 11.6 Å². The van der Waals surface area contributed by atoms with Crippen LogP contribution in [0.4, 0.5) is 0 Å². The molecule has 99 heavy (non-hydrogen) atoms. The number of aliphatic hydroxyl groups is 2. The minimum absolute atomic E-state index is 0.0339. The Morgan fingerprint density at radius 3 is 1.60 bits per heavy atom. The van der Waals surface area contributed by atoms with Gasteiger partial charge < -0.3 is 101 Å². The smallest absolute Gasteiger partial charge is 0.245 e. The van der Waals surface area contributed by atoms with Crippen LogP contribution in [0.1, 0.15) is 225 Å². The Bertz CT molecular complexity index is 2610. The van der Waals surface area contributed by atoms with E-state index in [1.807, 2.05) is 30.3 Å². The molecule has 6 saturated heterocycles. The maximum atomic E-state index is 10.4. The third-order valence-corrected chi connectivity index (χ3v) is 22.0. The van der Waals surface area contributed by atoms with Crippen LogP contribution < -0.4 is 34.4 Å². The molecule has 2 aromatic heterocycles. The van der Waals surface area contributed by atoms with Gasteiger partial charge in [-0.15, -0.1) is 10.2 Å². The summed E-state index contributed by atoms with van der Waals surface area (Å²) in [4.78, 5) is 0. The van der Waals surface area contributed by atoms with Crippen LogP contribution in [0.2, 0.25) is 5.02 Å². The maximum absolute atomic E-state index is 10.4. The molecule has 2 unspecified atom stereocenters. The number of nitrogens with zero attached hydrogens (tertiary/aromatic N) is 3. The molecule has 16 atom stereocenters. The molecule has 0 bridgehead atoms. The van der Waals surface area contributed by atoms with Crippen LogP contribution in [-0.2, 0) is 47.4 Å². The average Bonchev–Trinajstić information content (AvgIpc) is 1.65. The van der Waals surface area contributed by atoms with Crippen molar-refractivity contribution in [3.05, 3.63) is 52.9 Å². The molecule has 23 nitrogen and oxygen atoms in total. The lowest BCUT2D eigenvalue weighted by Gasteiger charge is -2.39. The Morgan fingerprint density at radius 1 is 0.566 bits per heavy atom. The van der Waals surface area contributed by atoms with Gasteiger partial charge >= 0.3 is 0 Å². The first-order valence-electron chi connectivity index (χ1n) is 38.2. The molecule has 0 amide bonds. The van der Waals surface area contributed by atoms with Crippen molar-refractivity contribution in [1.82, 2.24) is 15.4 Å². The molecule has 24 heteroatoms. The fourth-order valence-electron chi connectivity index (χ4n) is 14.6. The summed E-state index contributed by atoms with van der Waals surface area (Å²) in [6.45, 7) is 20.0. The molecule has 3 aromatic rings. The molecule has 564 valence electrons. The lowest BCUT2D eigenvalue weighted by Crippen LogP contribution is -2.51. The summed E-state index contributed by atoms with van der Waals surface area (Å²) in [6, 6.07) is 10.5. The van der Waals surface area contributed by atoms with Crippen LogP contribution in [0.25, 0.3) is 11.3 Å². The maximum Gasteiger partial charge on any atom is 0.245 e. The lowest BCUT2D eigenvalue weighted by atomic mass is 9.77. The first kappa shape index (κ1) is 80.2. The van der Waals surface area contributed by atoms with E-state index in [4.69, 9.17) is 102 Å². The first-order valence-corrected chi connectivity index (χ1v) is 38.6. The molecule has 14 rings (SSSR count). The van der Waals surface area contributed by atoms with Crippen molar-refractivity contribution in [2.24, 2.45) is 69.9 Å². The van der Waals surface area contributed by atoms with Gasteiger partial charge in [0.25, 0.3) is 0 Å². The van der Waals surface area contributed by atoms with Gasteiger partial charge in [-0.2, -0.15) is 0 Å². The minimum atomic E-state index is -0.890. The van der Waals surface area contributed by atoms with Crippen molar-refractivity contribution < 1.29 is 66.5 Å². The largest absolute Gasteiger partial charge is 0.422 e. The van der Waals surface area contributed by atoms with E-state index in [1.165, 1.54) is 38.5 Å². The van der Waals surface area contributed by atoms with E-state index in [0.29, 0.717) is 93.6 Å². The van der Waals surface area contributed by atoms with Gasteiger partial charge in [-0.05, 0) is 196 Å². The van der Waals surface area contributed by atoms with Gasteiger partial charge in [-0.25, -0.2) is 0 Å². The highest BCUT2D eigenvalue weighted by atomic mass is 35.5. The first-order chi connectivity index (χ1) is 47.6. The van der Waals surface area contributed by atoms with E-state index in [-0.39, 0.29) is 60.7 Å². The molecular formula is C75H128ClN9O14. The number of aliphatic hydroxyl groups excluding tert-OH is 1. The van der Waals surface area contributed by atoms with Gasteiger partial charge in [0.1, 0.15) is 29.6 Å². The zero-order valence-electron chi connectivity index (χ0n) is 60.7. The Morgan fingerprint density at radius 2 is 1.08 bits per heavy atom. The highest BCUT2D eigenvalue weighted by Crippen LogP contribution is 2.49. The number of aromatic nitrogens is 3. The van der Waals surface area contributed by atoms with Crippen molar-refractivity contribution in [3.63, 3.8) is 0 Å². The zero-order chi connectivity index (χ0) is 70.4. The molecule has 11 aliphatic rings. The molecule has 5 aliphatic carbocycles. The number of benzene rings is 1. The molecule has 11 fully saturated rings. The van der Waals surface area contributed by atoms with Crippen molar-refractivity contribution in [2.75, 3.05) is 72.7 Å². The quantitative estimate of drug-likeness (QED) is 0.0491. The van der Waals surface area contributed by atoms with Crippen molar-refractivity contribution in [3.8, 4) is 11.3 Å². The van der Waals surface area contributed by atoms with Crippen molar-refractivity contribution in [2.45, 2.75) is 298 Å². The topological polar surface area (TPSA) is 354 Å². The fourth-order valence-corrected chi connectivity index (χ4v) is 14.7. The summed E-state index contributed by atoms with van der Waals surface area (Å²) < 4.78 is 67.6. The summed E-state index contributed by atoms with van der Waals surface area (Å²) in [5.74, 6) is 7.58. The molecular weight excluding hydrogens is 1290 g/mol. The second-order valence-corrected chi connectivity index (χ2v) is 32.1. The number of nitrogens with two attached hydrogens (primary N) is 6. The molecule has 6 aliphatic heterocycles. The van der Waals surface area contributed by atoms with Crippen LogP contribution in [0, 0.1) is 35.5 Å². The van der Waals surface area contributed by atoms with Gasteiger partial charge in [0, 0.05) is 72.0 Å². The number of hydrogen-bond donors (Lipinski definition) is 8. The summed E-state index contributed by atoms with van der Waals surface area (Å²) in [7, 11) is 0. The van der Waals surface area contributed by atoms with Gasteiger partial charge in [0.2, 0.25) is 11.8 Å². The Kier molecular flexibility index (Phi) is 32.9. The Labute approximate surface area is 595 Å². The van der Waals surface area contributed by atoms with Crippen LogP contribution in [-0.4, -0.2) is 189 Å². The van der Waals surface area contributed by atoms with Crippen LogP contribution in [0.5, 0.6) is 0 Å². The SMILES string of the molecule is CC1CC(COC[C@@H]2CC[C@@H](N)CO2)C1.CC1CC(OCC(C)(O)[C@@H]2CC[C@@H](N)CO2)C1.CC1CC(OCC(O)[C@@H]2CC[C@@H](N)CO2)C1.CC1CC(OCC[C@@H]2CC[C@@H](N)CO2)C1.CC[C@@H]1C[C@H]1c1nnc([C@@H]2CC[C@@H](N)CO2)o1.N[C@@H]1CC[C@@H](c2cc(-c3ccc(Cl)cc3)no2)OC1. The van der Waals surface area contributed by atoms with E-state index in [1.54, 1.807) is 6.92 Å². The van der Waals surface area contributed by atoms with Crippen molar-refractivity contribution in [1.29, 1.82) is 0 Å². The second-order valence-electron chi connectivity index (χ2n) is 31.7. The third kappa shape index (κ3) is 27.2. The normalized spacial score (nSPS) is 37.2. The molecule has 8 heterocycles. The fraction of sp³-hybridized carbons (Fsp3) is 0.853. The summed E-state index contributed by atoms with van der Waals surface area (Å²) in [6.07, 6.45) is 25.7. The number of ether oxygens (including phenoxy) is 10. The Balaban J connectivity index is 0.000000139. The number of rotatable bonds is 21. The average molecular weight is 1420 g/mol. The summed E-state index contributed by atoms with van der Waals surface area (Å²) >= 11 is 5.86. The number of halogens is 1. The van der Waals surface area contributed by atoms with Crippen LogP contribution >= 0.6 is 11.6 Å². The molecule has 5 saturated carbocycles. The summed E-state index contributed by atoms with van der Waals surface area (Å²) in [5, 5.41) is 33.3. The van der Waals surface area contributed by atoms with Gasteiger partial charge in [-0.1, -0.05) is 69.9 Å². The molecule has 0 spiro atoms. The Hall–Kier alpha value is -2.86.